The van der Waals surface area contributed by atoms with Crippen LogP contribution < -0.4 is 9.62 Å². The predicted molar refractivity (Wildman–Crippen MR) is 101 cm³/mol. The lowest BCUT2D eigenvalue weighted by atomic mass is 10.0. The maximum atomic E-state index is 12.4. The first-order valence-corrected chi connectivity index (χ1v) is 9.89. The smallest absolute Gasteiger partial charge is 0.263 e. The molecule has 6 nitrogen and oxygen atoms in total. The van der Waals surface area contributed by atoms with Crippen LogP contribution in [0.1, 0.15) is 12.0 Å². The summed E-state index contributed by atoms with van der Waals surface area (Å²) in [5.41, 5.74) is 2.42. The second-order valence-corrected chi connectivity index (χ2v) is 7.76. The third kappa shape index (κ3) is 3.25. The van der Waals surface area contributed by atoms with E-state index in [0.717, 1.165) is 25.1 Å². The number of benzene rings is 2. The minimum atomic E-state index is -3.67. The van der Waals surface area contributed by atoms with Crippen molar-refractivity contribution in [2.24, 2.45) is 0 Å². The molecule has 0 fully saturated rings. The average Bonchev–Trinajstić information content (AvgIpc) is 2.69. The van der Waals surface area contributed by atoms with Crippen LogP contribution in [0.15, 0.2) is 71.6 Å². The number of hydrogen-bond acceptors (Lipinski definition) is 5. The summed E-state index contributed by atoms with van der Waals surface area (Å²) in [7, 11) is -3.67. The summed E-state index contributed by atoms with van der Waals surface area (Å²) in [6.07, 6.45) is 2.09. The third-order valence-corrected chi connectivity index (χ3v) is 5.70. The number of sulfonamides is 1. The molecule has 1 aromatic heterocycles. The largest absolute Gasteiger partial charge is 0.325 e. The maximum absolute atomic E-state index is 12.4. The topological polar surface area (TPSA) is 75.2 Å². The predicted octanol–water partition coefficient (Wildman–Crippen LogP) is 3.36. The molecule has 3 aromatic rings. The van der Waals surface area contributed by atoms with Gasteiger partial charge in [-0.2, -0.15) is 0 Å². The number of hydrogen-bond donors (Lipinski definition) is 1. The summed E-state index contributed by atoms with van der Waals surface area (Å²) >= 11 is 0. The van der Waals surface area contributed by atoms with Gasteiger partial charge in [-0.3, -0.25) is 4.72 Å². The molecule has 0 bridgehead atoms. The summed E-state index contributed by atoms with van der Waals surface area (Å²) in [5.74, 6) is 0.905. The summed E-state index contributed by atoms with van der Waals surface area (Å²) in [6, 6.07) is 19.9. The number of aromatic nitrogens is 2. The Morgan fingerprint density at radius 2 is 1.65 bits per heavy atom. The SMILES string of the molecule is O=S(=O)(Nc1ccc(N2CCCc3ccccc32)nn1)c1ccccc1. The van der Waals surface area contributed by atoms with Crippen molar-refractivity contribution >= 4 is 27.3 Å². The van der Waals surface area contributed by atoms with Gasteiger partial charge in [0.25, 0.3) is 10.0 Å². The minimum Gasteiger partial charge on any atom is -0.325 e. The van der Waals surface area contributed by atoms with E-state index >= 15 is 0 Å². The van der Waals surface area contributed by atoms with Gasteiger partial charge in [0.1, 0.15) is 0 Å². The number of nitrogens with zero attached hydrogens (tertiary/aromatic N) is 3. The van der Waals surface area contributed by atoms with Crippen molar-refractivity contribution in [2.75, 3.05) is 16.2 Å². The Kier molecular flexibility index (Phi) is 4.30. The highest BCUT2D eigenvalue weighted by molar-refractivity contribution is 7.92. The molecule has 0 saturated heterocycles. The van der Waals surface area contributed by atoms with Crippen LogP contribution in [0.4, 0.5) is 17.3 Å². The summed E-state index contributed by atoms with van der Waals surface area (Å²) in [5, 5.41) is 8.28. The van der Waals surface area contributed by atoms with Gasteiger partial charge in [0.15, 0.2) is 11.6 Å². The molecule has 1 aliphatic rings. The van der Waals surface area contributed by atoms with Crippen LogP contribution in [-0.4, -0.2) is 25.2 Å². The van der Waals surface area contributed by atoms with Gasteiger partial charge in [-0.15, -0.1) is 10.2 Å². The molecule has 132 valence electrons. The molecule has 1 N–H and O–H groups in total. The zero-order valence-corrected chi connectivity index (χ0v) is 14.9. The van der Waals surface area contributed by atoms with Crippen LogP contribution in [0.5, 0.6) is 0 Å². The van der Waals surface area contributed by atoms with Crippen molar-refractivity contribution in [2.45, 2.75) is 17.7 Å². The number of rotatable bonds is 4. The lowest BCUT2D eigenvalue weighted by molar-refractivity contribution is 0.601. The third-order valence-electron chi connectivity index (χ3n) is 4.33. The molecular weight excluding hydrogens is 348 g/mol. The second kappa shape index (κ2) is 6.76. The van der Waals surface area contributed by atoms with Crippen molar-refractivity contribution in [1.29, 1.82) is 0 Å². The number of fused-ring (bicyclic) bond motifs is 1. The molecule has 0 radical (unpaired) electrons. The normalized spacial score (nSPS) is 13.9. The number of anilines is 3. The van der Waals surface area contributed by atoms with Crippen molar-refractivity contribution in [3.63, 3.8) is 0 Å². The molecule has 4 rings (SSSR count). The first-order valence-electron chi connectivity index (χ1n) is 8.40. The highest BCUT2D eigenvalue weighted by Crippen LogP contribution is 2.32. The molecule has 0 aliphatic carbocycles. The summed E-state index contributed by atoms with van der Waals surface area (Å²) < 4.78 is 27.2. The van der Waals surface area contributed by atoms with E-state index in [9.17, 15) is 8.42 Å². The Bertz CT molecular complexity index is 1010. The average molecular weight is 366 g/mol. The van der Waals surface area contributed by atoms with Crippen LogP contribution in [0.3, 0.4) is 0 Å². The first-order chi connectivity index (χ1) is 12.6. The molecule has 2 heterocycles. The second-order valence-electron chi connectivity index (χ2n) is 6.08. The molecule has 26 heavy (non-hydrogen) atoms. The van der Waals surface area contributed by atoms with Crippen molar-refractivity contribution in [3.05, 3.63) is 72.3 Å². The monoisotopic (exact) mass is 366 g/mol. The van der Waals surface area contributed by atoms with E-state index in [4.69, 9.17) is 0 Å². The standard InChI is InChI=1S/C19H18N4O2S/c24-26(25,16-9-2-1-3-10-16)22-18-12-13-19(21-20-18)23-14-6-8-15-7-4-5-11-17(15)23/h1-5,7,9-13H,6,8,14H2,(H,20,22). The van der Waals surface area contributed by atoms with Gasteiger partial charge in [0.05, 0.1) is 4.90 Å². The minimum absolute atomic E-state index is 0.191. The molecule has 1 aliphatic heterocycles. The van der Waals surface area contributed by atoms with Gasteiger partial charge in [0.2, 0.25) is 0 Å². The molecule has 0 spiro atoms. The summed E-state index contributed by atoms with van der Waals surface area (Å²) in [6.45, 7) is 0.862. The zero-order chi connectivity index (χ0) is 18.0. The van der Waals surface area contributed by atoms with Crippen LogP contribution in [0, 0.1) is 0 Å². The highest BCUT2D eigenvalue weighted by Gasteiger charge is 2.20. The van der Waals surface area contributed by atoms with Gasteiger partial charge in [-0.25, -0.2) is 8.42 Å². The fourth-order valence-electron chi connectivity index (χ4n) is 3.09. The van der Waals surface area contributed by atoms with Crippen molar-refractivity contribution < 1.29 is 8.42 Å². The first kappa shape index (κ1) is 16.5. The molecule has 7 heteroatoms. The van der Waals surface area contributed by atoms with Crippen LogP contribution >= 0.6 is 0 Å². The number of aryl methyl sites for hydroxylation is 1. The molecule has 2 aromatic carbocycles. The molecular formula is C19H18N4O2S. The molecule has 0 amide bonds. The fraction of sp³-hybridized carbons (Fsp3) is 0.158. The van der Waals surface area contributed by atoms with Crippen molar-refractivity contribution in [1.82, 2.24) is 10.2 Å². The van der Waals surface area contributed by atoms with E-state index < -0.39 is 10.0 Å². The molecule has 0 saturated carbocycles. The molecule has 0 atom stereocenters. The van der Waals surface area contributed by atoms with E-state index in [-0.39, 0.29) is 10.7 Å². The lowest BCUT2D eigenvalue weighted by Crippen LogP contribution is -2.25. The quantitative estimate of drug-likeness (QED) is 0.766. The van der Waals surface area contributed by atoms with Gasteiger partial charge < -0.3 is 4.90 Å². The Balaban J connectivity index is 1.57. The lowest BCUT2D eigenvalue weighted by Gasteiger charge is -2.29. The number of para-hydroxylation sites is 1. The Labute approximate surface area is 152 Å². The van der Waals surface area contributed by atoms with Gasteiger partial charge in [-0.05, 0) is 48.7 Å². The van der Waals surface area contributed by atoms with E-state index in [2.05, 4.69) is 32.0 Å². The van der Waals surface area contributed by atoms with Crippen LogP contribution in [0.2, 0.25) is 0 Å². The van der Waals surface area contributed by atoms with E-state index in [1.54, 1.807) is 30.3 Å². The van der Waals surface area contributed by atoms with Crippen molar-refractivity contribution in [3.8, 4) is 0 Å². The Morgan fingerprint density at radius 1 is 0.885 bits per heavy atom. The fourth-order valence-corrected chi connectivity index (χ4v) is 4.11. The Hall–Kier alpha value is -2.93. The van der Waals surface area contributed by atoms with E-state index in [0.29, 0.717) is 5.82 Å². The van der Waals surface area contributed by atoms with Gasteiger partial charge >= 0.3 is 0 Å². The zero-order valence-electron chi connectivity index (χ0n) is 14.0. The molecule has 0 unspecified atom stereocenters. The van der Waals surface area contributed by atoms with Gasteiger partial charge in [0, 0.05) is 12.2 Å². The highest BCUT2D eigenvalue weighted by atomic mass is 32.2. The van der Waals surface area contributed by atoms with Crippen LogP contribution in [-0.2, 0) is 16.4 Å². The summed E-state index contributed by atoms with van der Waals surface area (Å²) in [4.78, 5) is 2.30. The van der Waals surface area contributed by atoms with E-state index in [1.165, 1.54) is 17.7 Å². The van der Waals surface area contributed by atoms with Crippen LogP contribution in [0.25, 0.3) is 0 Å². The van der Waals surface area contributed by atoms with E-state index in [1.807, 2.05) is 12.1 Å². The maximum Gasteiger partial charge on any atom is 0.263 e. The number of nitrogens with one attached hydrogen (secondary N) is 1. The Morgan fingerprint density at radius 3 is 2.42 bits per heavy atom. The van der Waals surface area contributed by atoms with Gasteiger partial charge in [-0.1, -0.05) is 36.4 Å².